The van der Waals surface area contributed by atoms with Gasteiger partial charge in [-0.2, -0.15) is 0 Å². The topological polar surface area (TPSA) is 91.5 Å². The number of aliphatic imine (C=N–C) groups is 1. The second-order valence-electron chi connectivity index (χ2n) is 2.90. The van der Waals surface area contributed by atoms with Crippen LogP contribution in [0.15, 0.2) is 4.99 Å². The van der Waals surface area contributed by atoms with Gasteiger partial charge >= 0.3 is 0 Å². The fourth-order valence-electron chi connectivity index (χ4n) is 0.784. The molecule has 0 spiro atoms. The third kappa shape index (κ3) is 3.75. The summed E-state index contributed by atoms with van der Waals surface area (Å²) in [4.78, 5) is 14.8. The van der Waals surface area contributed by atoms with Gasteiger partial charge in [-0.15, -0.1) is 0 Å². The molecule has 1 aliphatic carbocycles. The molecule has 1 saturated carbocycles. The number of nitrogens with zero attached hydrogens (tertiary/aromatic N) is 1. The molecule has 0 saturated heterocycles. The monoisotopic (exact) mass is 185 g/mol. The highest BCUT2D eigenvalue weighted by molar-refractivity contribution is 5.84. The van der Waals surface area contributed by atoms with E-state index in [2.05, 4.69) is 21.1 Å². The third-order valence-electron chi connectivity index (χ3n) is 1.71. The van der Waals surface area contributed by atoms with Gasteiger partial charge in [0.05, 0.1) is 0 Å². The van der Waals surface area contributed by atoms with Gasteiger partial charge in [0, 0.05) is 13.1 Å². The average Bonchev–Trinajstić information content (AvgIpc) is 2.95. The molecule has 0 radical (unpaired) electrons. The molecule has 0 bridgehead atoms. The predicted molar refractivity (Wildman–Crippen MR) is 49.8 cm³/mol. The van der Waals surface area contributed by atoms with Crippen LogP contribution in [-0.2, 0) is 4.79 Å². The lowest BCUT2D eigenvalue weighted by Gasteiger charge is -2.06. The Balaban J connectivity index is 2.29. The Labute approximate surface area is 76.9 Å². The van der Waals surface area contributed by atoms with Crippen molar-refractivity contribution in [2.75, 3.05) is 13.6 Å². The van der Waals surface area contributed by atoms with Gasteiger partial charge < -0.3 is 10.6 Å². The van der Waals surface area contributed by atoms with Crippen molar-refractivity contribution in [3.8, 4) is 0 Å². The summed E-state index contributed by atoms with van der Waals surface area (Å²) in [6.07, 6.45) is 2.28. The molecule has 1 aliphatic rings. The van der Waals surface area contributed by atoms with Crippen LogP contribution in [0.1, 0.15) is 12.8 Å². The fraction of sp³-hybridized carbons (Fsp3) is 0.714. The number of nitrogens with two attached hydrogens (primary N) is 1. The molecule has 0 aromatic carbocycles. The molecular weight excluding hydrogens is 170 g/mol. The molecule has 0 aromatic rings. The Morgan fingerprint density at radius 3 is 2.77 bits per heavy atom. The fourth-order valence-corrected chi connectivity index (χ4v) is 0.784. The van der Waals surface area contributed by atoms with Crippen molar-refractivity contribution in [3.05, 3.63) is 0 Å². The SMILES string of the molecule is CNC(=O)CN=C(NN)NC1CC1. The summed E-state index contributed by atoms with van der Waals surface area (Å²) >= 11 is 0. The third-order valence-corrected chi connectivity index (χ3v) is 1.71. The molecule has 0 atom stereocenters. The number of nitrogens with one attached hydrogen (secondary N) is 3. The van der Waals surface area contributed by atoms with Gasteiger partial charge in [-0.1, -0.05) is 0 Å². The highest BCUT2D eigenvalue weighted by Gasteiger charge is 2.21. The summed E-state index contributed by atoms with van der Waals surface area (Å²) in [5.41, 5.74) is 2.41. The van der Waals surface area contributed by atoms with Crippen LogP contribution in [0, 0.1) is 0 Å². The van der Waals surface area contributed by atoms with Crippen LogP contribution in [-0.4, -0.2) is 31.5 Å². The second-order valence-corrected chi connectivity index (χ2v) is 2.90. The zero-order valence-electron chi connectivity index (χ0n) is 7.63. The Kier molecular flexibility index (Phi) is 3.51. The van der Waals surface area contributed by atoms with Gasteiger partial charge in [-0.3, -0.25) is 10.2 Å². The maximum Gasteiger partial charge on any atom is 0.241 e. The number of guanidine groups is 1. The first-order chi connectivity index (χ1) is 6.26. The van der Waals surface area contributed by atoms with Crippen molar-refractivity contribution < 1.29 is 4.79 Å². The van der Waals surface area contributed by atoms with Gasteiger partial charge in [0.2, 0.25) is 11.9 Å². The molecule has 0 aromatic heterocycles. The highest BCUT2D eigenvalue weighted by atomic mass is 16.1. The van der Waals surface area contributed by atoms with Crippen molar-refractivity contribution in [1.29, 1.82) is 0 Å². The van der Waals surface area contributed by atoms with E-state index in [-0.39, 0.29) is 12.5 Å². The molecule has 1 fully saturated rings. The zero-order chi connectivity index (χ0) is 9.68. The van der Waals surface area contributed by atoms with Crippen LogP contribution in [0.3, 0.4) is 0 Å². The van der Waals surface area contributed by atoms with Gasteiger partial charge in [0.15, 0.2) is 0 Å². The molecule has 6 heteroatoms. The lowest BCUT2D eigenvalue weighted by atomic mass is 10.6. The van der Waals surface area contributed by atoms with Crippen molar-refractivity contribution in [2.24, 2.45) is 10.8 Å². The van der Waals surface area contributed by atoms with Crippen LogP contribution >= 0.6 is 0 Å². The Morgan fingerprint density at radius 1 is 1.62 bits per heavy atom. The van der Waals surface area contributed by atoms with E-state index in [1.165, 1.54) is 0 Å². The number of hydrogen-bond donors (Lipinski definition) is 4. The molecule has 74 valence electrons. The lowest BCUT2D eigenvalue weighted by Crippen LogP contribution is -2.43. The maximum atomic E-state index is 10.8. The normalized spacial score (nSPS) is 16.6. The Hall–Kier alpha value is -1.30. The van der Waals surface area contributed by atoms with Gasteiger partial charge in [-0.25, -0.2) is 10.8 Å². The first kappa shape index (κ1) is 9.79. The Bertz CT molecular complexity index is 211. The first-order valence-corrected chi connectivity index (χ1v) is 4.24. The number of carbonyl (C=O) groups is 1. The molecule has 1 rings (SSSR count). The number of rotatable bonds is 3. The number of amides is 1. The number of carbonyl (C=O) groups excluding carboxylic acids is 1. The summed E-state index contributed by atoms with van der Waals surface area (Å²) in [5.74, 6) is 5.55. The molecular formula is C7H15N5O. The lowest BCUT2D eigenvalue weighted by molar-refractivity contribution is -0.119. The number of hydrazine groups is 1. The smallest absolute Gasteiger partial charge is 0.241 e. The van der Waals surface area contributed by atoms with E-state index >= 15 is 0 Å². The average molecular weight is 185 g/mol. The summed E-state index contributed by atoms with van der Waals surface area (Å²) in [6, 6.07) is 0.472. The van der Waals surface area contributed by atoms with Crippen LogP contribution in [0.4, 0.5) is 0 Å². The van der Waals surface area contributed by atoms with Gasteiger partial charge in [-0.05, 0) is 12.8 Å². The van der Waals surface area contributed by atoms with Crippen molar-refractivity contribution in [3.63, 3.8) is 0 Å². The molecule has 13 heavy (non-hydrogen) atoms. The summed E-state index contributed by atoms with van der Waals surface area (Å²) < 4.78 is 0. The summed E-state index contributed by atoms with van der Waals surface area (Å²) in [7, 11) is 1.57. The van der Waals surface area contributed by atoms with Crippen molar-refractivity contribution >= 4 is 11.9 Å². The zero-order valence-corrected chi connectivity index (χ0v) is 7.63. The molecule has 0 aliphatic heterocycles. The van der Waals surface area contributed by atoms with Crippen LogP contribution in [0.5, 0.6) is 0 Å². The largest absolute Gasteiger partial charge is 0.358 e. The van der Waals surface area contributed by atoms with E-state index in [1.807, 2.05) is 0 Å². The second kappa shape index (κ2) is 4.66. The predicted octanol–water partition coefficient (Wildman–Crippen LogP) is -1.70. The van der Waals surface area contributed by atoms with Crippen molar-refractivity contribution in [1.82, 2.24) is 16.1 Å². The number of hydrogen-bond acceptors (Lipinski definition) is 3. The molecule has 0 unspecified atom stereocenters. The van der Waals surface area contributed by atoms with Crippen LogP contribution in [0.25, 0.3) is 0 Å². The van der Waals surface area contributed by atoms with E-state index in [0.717, 1.165) is 12.8 Å². The molecule has 6 nitrogen and oxygen atoms in total. The molecule has 5 N–H and O–H groups in total. The van der Waals surface area contributed by atoms with E-state index < -0.39 is 0 Å². The minimum absolute atomic E-state index is 0.0930. The minimum Gasteiger partial charge on any atom is -0.358 e. The van der Waals surface area contributed by atoms with Gasteiger partial charge in [0.1, 0.15) is 6.54 Å². The number of likely N-dealkylation sites (N-methyl/N-ethyl adjacent to an activating group) is 1. The van der Waals surface area contributed by atoms with E-state index in [4.69, 9.17) is 5.84 Å². The quantitative estimate of drug-likeness (QED) is 0.183. The standard InChI is InChI=1S/C7H15N5O/c1-9-6(13)4-10-7(12-8)11-5-2-3-5/h5H,2-4,8H2,1H3,(H,9,13)(H2,10,11,12). The summed E-state index contributed by atoms with van der Waals surface area (Å²) in [6.45, 7) is 0.0930. The maximum absolute atomic E-state index is 10.8. The van der Waals surface area contributed by atoms with Crippen LogP contribution < -0.4 is 21.9 Å². The molecule has 0 heterocycles. The minimum atomic E-state index is -0.134. The molecule has 1 amide bonds. The van der Waals surface area contributed by atoms with Gasteiger partial charge in [0.25, 0.3) is 0 Å². The van der Waals surface area contributed by atoms with E-state index in [9.17, 15) is 4.79 Å². The first-order valence-electron chi connectivity index (χ1n) is 4.24. The van der Waals surface area contributed by atoms with Crippen molar-refractivity contribution in [2.45, 2.75) is 18.9 Å². The Morgan fingerprint density at radius 2 is 2.31 bits per heavy atom. The van der Waals surface area contributed by atoms with Crippen LogP contribution in [0.2, 0.25) is 0 Å². The van der Waals surface area contributed by atoms with E-state index in [0.29, 0.717) is 12.0 Å². The summed E-state index contributed by atoms with van der Waals surface area (Å²) in [5, 5.41) is 5.52. The van der Waals surface area contributed by atoms with E-state index in [1.54, 1.807) is 7.05 Å². The highest BCUT2D eigenvalue weighted by Crippen LogP contribution is 2.18.